The second-order valence-corrected chi connectivity index (χ2v) is 2.73. The molecule has 0 aliphatic carbocycles. The van der Waals surface area contributed by atoms with Crippen molar-refractivity contribution >= 4 is 5.52 Å². The number of aromatic nitrogens is 3. The van der Waals surface area contributed by atoms with Crippen LogP contribution in [0.25, 0.3) is 5.52 Å². The zero-order valence-electron chi connectivity index (χ0n) is 6.73. The number of fused-ring (bicyclic) bond motifs is 1. The highest BCUT2D eigenvalue weighted by molar-refractivity contribution is 5.51. The van der Waals surface area contributed by atoms with Crippen LogP contribution in [0.3, 0.4) is 0 Å². The lowest BCUT2D eigenvalue weighted by molar-refractivity contribution is 0.278. The molecule has 2 aromatic heterocycles. The second kappa shape index (κ2) is 2.57. The van der Waals surface area contributed by atoms with Crippen molar-refractivity contribution in [2.24, 2.45) is 0 Å². The van der Waals surface area contributed by atoms with Gasteiger partial charge in [-0.2, -0.15) is 0 Å². The fraction of sp³-hybridized carbons (Fsp3) is 0.250. The summed E-state index contributed by atoms with van der Waals surface area (Å²) < 4.78 is 1.65. The average molecular weight is 163 g/mol. The molecule has 2 aromatic rings. The van der Waals surface area contributed by atoms with E-state index in [4.69, 9.17) is 5.11 Å². The molecule has 12 heavy (non-hydrogen) atoms. The van der Waals surface area contributed by atoms with Gasteiger partial charge in [-0.25, -0.2) is 4.52 Å². The van der Waals surface area contributed by atoms with E-state index in [1.54, 1.807) is 4.52 Å². The Hall–Kier alpha value is -1.42. The molecule has 2 heterocycles. The second-order valence-electron chi connectivity index (χ2n) is 2.73. The number of nitrogens with zero attached hydrogens (tertiary/aromatic N) is 3. The lowest BCUT2D eigenvalue weighted by atomic mass is 10.2. The van der Waals surface area contributed by atoms with Gasteiger partial charge in [0.2, 0.25) is 0 Å². The van der Waals surface area contributed by atoms with E-state index in [1.165, 1.54) is 0 Å². The molecule has 1 N–H and O–H groups in total. The number of hydrogen-bond acceptors (Lipinski definition) is 3. The Balaban J connectivity index is 2.75. The molecule has 0 fully saturated rings. The van der Waals surface area contributed by atoms with E-state index in [1.807, 2.05) is 25.3 Å². The SMILES string of the molecule is Cc1ccn2nnc(CO)c2c1. The van der Waals surface area contributed by atoms with Crippen molar-refractivity contribution < 1.29 is 5.11 Å². The topological polar surface area (TPSA) is 50.4 Å². The summed E-state index contributed by atoms with van der Waals surface area (Å²) in [5.74, 6) is 0. The zero-order chi connectivity index (χ0) is 8.55. The summed E-state index contributed by atoms with van der Waals surface area (Å²) >= 11 is 0. The van der Waals surface area contributed by atoms with Gasteiger partial charge in [0.1, 0.15) is 5.69 Å². The van der Waals surface area contributed by atoms with Crippen LogP contribution in [0.15, 0.2) is 18.3 Å². The Morgan fingerprint density at radius 1 is 1.58 bits per heavy atom. The number of aryl methyl sites for hydroxylation is 1. The first-order valence-electron chi connectivity index (χ1n) is 3.72. The van der Waals surface area contributed by atoms with E-state index in [9.17, 15) is 0 Å². The van der Waals surface area contributed by atoms with Crippen LogP contribution in [0.2, 0.25) is 0 Å². The monoisotopic (exact) mass is 163 g/mol. The van der Waals surface area contributed by atoms with Gasteiger partial charge in [-0.3, -0.25) is 0 Å². The standard InChI is InChI=1S/C8H9N3O/c1-6-2-3-11-8(4-6)7(5-12)9-10-11/h2-4,12H,5H2,1H3. The number of rotatable bonds is 1. The normalized spacial score (nSPS) is 10.8. The van der Waals surface area contributed by atoms with Crippen LogP contribution in [-0.4, -0.2) is 19.9 Å². The fourth-order valence-corrected chi connectivity index (χ4v) is 1.16. The third-order valence-corrected chi connectivity index (χ3v) is 1.80. The van der Waals surface area contributed by atoms with Gasteiger partial charge in [-0.05, 0) is 24.6 Å². The van der Waals surface area contributed by atoms with Crippen molar-refractivity contribution in [1.82, 2.24) is 14.8 Å². The van der Waals surface area contributed by atoms with Gasteiger partial charge in [-0.1, -0.05) is 5.21 Å². The molecule has 0 spiro atoms. The molecule has 0 saturated heterocycles. The Morgan fingerprint density at radius 2 is 2.42 bits per heavy atom. The first kappa shape index (κ1) is 7.24. The smallest absolute Gasteiger partial charge is 0.116 e. The molecule has 0 aliphatic rings. The van der Waals surface area contributed by atoms with Crippen LogP contribution in [0.5, 0.6) is 0 Å². The van der Waals surface area contributed by atoms with Gasteiger partial charge in [-0.15, -0.1) is 5.10 Å². The van der Waals surface area contributed by atoms with Crippen LogP contribution in [0.4, 0.5) is 0 Å². The summed E-state index contributed by atoms with van der Waals surface area (Å²) in [5.41, 5.74) is 2.63. The molecule has 0 saturated carbocycles. The number of aliphatic hydroxyl groups is 1. The predicted molar refractivity (Wildman–Crippen MR) is 43.6 cm³/mol. The van der Waals surface area contributed by atoms with Crippen LogP contribution in [-0.2, 0) is 6.61 Å². The minimum Gasteiger partial charge on any atom is -0.390 e. The van der Waals surface area contributed by atoms with E-state index >= 15 is 0 Å². The van der Waals surface area contributed by atoms with Crippen LogP contribution in [0, 0.1) is 6.92 Å². The quantitative estimate of drug-likeness (QED) is 0.667. The number of pyridine rings is 1. The van der Waals surface area contributed by atoms with Gasteiger partial charge in [0.05, 0.1) is 12.1 Å². The Bertz CT molecular complexity index is 408. The minimum absolute atomic E-state index is 0.0625. The lowest BCUT2D eigenvalue weighted by Gasteiger charge is -1.94. The molecule has 2 rings (SSSR count). The molecule has 0 bridgehead atoms. The fourth-order valence-electron chi connectivity index (χ4n) is 1.16. The zero-order valence-corrected chi connectivity index (χ0v) is 6.73. The molecule has 0 atom stereocenters. The van der Waals surface area contributed by atoms with E-state index in [-0.39, 0.29) is 6.61 Å². The summed E-state index contributed by atoms with van der Waals surface area (Å²) in [5, 5.41) is 16.6. The molecule has 0 aromatic carbocycles. The first-order valence-corrected chi connectivity index (χ1v) is 3.72. The number of hydrogen-bond donors (Lipinski definition) is 1. The predicted octanol–water partition coefficient (Wildman–Crippen LogP) is 0.530. The first-order chi connectivity index (χ1) is 5.81. The van der Waals surface area contributed by atoms with Crippen molar-refractivity contribution in [2.45, 2.75) is 13.5 Å². The van der Waals surface area contributed by atoms with Gasteiger partial charge in [0, 0.05) is 6.20 Å². The molecule has 0 unspecified atom stereocenters. The largest absolute Gasteiger partial charge is 0.390 e. The highest BCUT2D eigenvalue weighted by Gasteiger charge is 2.03. The molecule has 0 aliphatic heterocycles. The Labute approximate surface area is 69.4 Å². The van der Waals surface area contributed by atoms with Gasteiger partial charge in [0.15, 0.2) is 0 Å². The lowest BCUT2D eigenvalue weighted by Crippen LogP contribution is -1.87. The third kappa shape index (κ3) is 0.967. The van der Waals surface area contributed by atoms with Gasteiger partial charge >= 0.3 is 0 Å². The van der Waals surface area contributed by atoms with Crippen molar-refractivity contribution in [1.29, 1.82) is 0 Å². The number of aliphatic hydroxyl groups excluding tert-OH is 1. The highest BCUT2D eigenvalue weighted by Crippen LogP contribution is 2.08. The van der Waals surface area contributed by atoms with Crippen molar-refractivity contribution in [2.75, 3.05) is 0 Å². The maximum Gasteiger partial charge on any atom is 0.116 e. The van der Waals surface area contributed by atoms with Crippen molar-refractivity contribution in [3.63, 3.8) is 0 Å². The van der Waals surface area contributed by atoms with Crippen molar-refractivity contribution in [3.8, 4) is 0 Å². The molecule has 0 amide bonds. The van der Waals surface area contributed by atoms with E-state index in [0.29, 0.717) is 5.69 Å². The maximum atomic E-state index is 8.90. The Kier molecular flexibility index (Phi) is 1.55. The average Bonchev–Trinajstić information content (AvgIpc) is 2.46. The van der Waals surface area contributed by atoms with Crippen LogP contribution < -0.4 is 0 Å². The summed E-state index contributed by atoms with van der Waals surface area (Å²) in [6, 6.07) is 3.90. The molecule has 4 nitrogen and oxygen atoms in total. The van der Waals surface area contributed by atoms with Crippen LogP contribution >= 0.6 is 0 Å². The Morgan fingerprint density at radius 3 is 3.17 bits per heavy atom. The van der Waals surface area contributed by atoms with E-state index in [0.717, 1.165) is 11.1 Å². The summed E-state index contributed by atoms with van der Waals surface area (Å²) in [4.78, 5) is 0. The van der Waals surface area contributed by atoms with Crippen molar-refractivity contribution in [3.05, 3.63) is 29.6 Å². The van der Waals surface area contributed by atoms with Gasteiger partial charge < -0.3 is 5.11 Å². The minimum atomic E-state index is -0.0625. The maximum absolute atomic E-state index is 8.90. The molecule has 4 heteroatoms. The van der Waals surface area contributed by atoms with Crippen LogP contribution in [0.1, 0.15) is 11.3 Å². The highest BCUT2D eigenvalue weighted by atomic mass is 16.3. The van der Waals surface area contributed by atoms with Gasteiger partial charge in [0.25, 0.3) is 0 Å². The summed E-state index contributed by atoms with van der Waals surface area (Å²) in [7, 11) is 0. The molecule has 62 valence electrons. The van der Waals surface area contributed by atoms with E-state index in [2.05, 4.69) is 10.3 Å². The molecule has 0 radical (unpaired) electrons. The third-order valence-electron chi connectivity index (χ3n) is 1.80. The van der Waals surface area contributed by atoms with E-state index < -0.39 is 0 Å². The molecular weight excluding hydrogens is 154 g/mol. The summed E-state index contributed by atoms with van der Waals surface area (Å²) in [6.45, 7) is 1.93. The molecular formula is C8H9N3O. The summed E-state index contributed by atoms with van der Waals surface area (Å²) in [6.07, 6.45) is 1.83.